The van der Waals surface area contributed by atoms with Gasteiger partial charge in [0.25, 0.3) is 0 Å². The van der Waals surface area contributed by atoms with Crippen molar-refractivity contribution in [3.8, 4) is 11.5 Å². The summed E-state index contributed by atoms with van der Waals surface area (Å²) in [6, 6.07) is 3.35. The largest absolute Gasteiger partial charge is 0.496 e. The molecule has 0 atom stereocenters. The first-order valence-corrected chi connectivity index (χ1v) is 4.43. The Hall–Kier alpha value is -1.17. The molecular weight excluding hydrogens is 265 g/mol. The number of ether oxygens (including phenoxy) is 2. The van der Waals surface area contributed by atoms with Crippen LogP contribution in [-0.2, 0) is 6.54 Å². The third-order valence-corrected chi connectivity index (χ3v) is 2.12. The van der Waals surface area contributed by atoms with Crippen molar-refractivity contribution in [2.24, 2.45) is 11.5 Å². The van der Waals surface area contributed by atoms with Gasteiger partial charge in [-0.15, -0.1) is 24.8 Å². The molecule has 0 heterocycles. The van der Waals surface area contributed by atoms with E-state index in [0.29, 0.717) is 23.6 Å². The molecule has 0 bridgehead atoms. The molecule has 5 nitrogen and oxygen atoms in total. The molecule has 1 aromatic carbocycles. The quantitative estimate of drug-likeness (QED) is 0.573. The maximum Gasteiger partial charge on any atom is 0.127 e. The van der Waals surface area contributed by atoms with Crippen molar-refractivity contribution in [2.45, 2.75) is 6.54 Å². The number of nitrogens with two attached hydrogens (primary N) is 2. The van der Waals surface area contributed by atoms with E-state index in [-0.39, 0.29) is 30.6 Å². The second-order valence-electron chi connectivity index (χ2n) is 2.98. The van der Waals surface area contributed by atoms with Gasteiger partial charge in [-0.3, -0.25) is 5.41 Å². The average molecular weight is 282 g/mol. The van der Waals surface area contributed by atoms with Crippen LogP contribution in [0.3, 0.4) is 0 Å². The topological polar surface area (TPSA) is 94.3 Å². The molecule has 1 rings (SSSR count). The molecule has 17 heavy (non-hydrogen) atoms. The molecule has 0 saturated carbocycles. The van der Waals surface area contributed by atoms with E-state index in [0.717, 1.165) is 5.56 Å². The average Bonchev–Trinajstić information content (AvgIpc) is 2.26. The lowest BCUT2D eigenvalue weighted by Crippen LogP contribution is -2.13. The van der Waals surface area contributed by atoms with Crippen LogP contribution in [0.5, 0.6) is 11.5 Å². The highest BCUT2D eigenvalue weighted by molar-refractivity contribution is 5.96. The highest BCUT2D eigenvalue weighted by Gasteiger charge is 2.11. The first-order chi connectivity index (χ1) is 7.13. The number of benzene rings is 1. The van der Waals surface area contributed by atoms with E-state index in [9.17, 15) is 0 Å². The molecule has 0 spiro atoms. The predicted molar refractivity (Wildman–Crippen MR) is 72.9 cm³/mol. The van der Waals surface area contributed by atoms with Crippen molar-refractivity contribution in [3.63, 3.8) is 0 Å². The first kappa shape index (κ1) is 18.2. The van der Waals surface area contributed by atoms with Gasteiger partial charge >= 0.3 is 0 Å². The van der Waals surface area contributed by atoms with E-state index in [1.807, 2.05) is 0 Å². The molecule has 0 aliphatic rings. The van der Waals surface area contributed by atoms with Crippen LogP contribution in [0, 0.1) is 5.41 Å². The highest BCUT2D eigenvalue weighted by Crippen LogP contribution is 2.29. The molecule has 7 heteroatoms. The van der Waals surface area contributed by atoms with Gasteiger partial charge in [-0.1, -0.05) is 0 Å². The molecule has 1 aromatic rings. The lowest BCUT2D eigenvalue weighted by Gasteiger charge is -2.13. The molecule has 0 unspecified atom stereocenters. The van der Waals surface area contributed by atoms with Gasteiger partial charge in [0.05, 0.1) is 14.2 Å². The summed E-state index contributed by atoms with van der Waals surface area (Å²) < 4.78 is 10.3. The van der Waals surface area contributed by atoms with Crippen molar-refractivity contribution in [1.82, 2.24) is 0 Å². The SMILES string of the molecule is COc1cc(C(=N)N)cc(OC)c1CN.Cl.Cl. The Kier molecular flexibility index (Phi) is 8.57. The van der Waals surface area contributed by atoms with Gasteiger partial charge in [-0.2, -0.15) is 0 Å². The molecule has 0 aliphatic heterocycles. The van der Waals surface area contributed by atoms with Crippen LogP contribution in [0.1, 0.15) is 11.1 Å². The van der Waals surface area contributed by atoms with Crippen LogP contribution in [0.4, 0.5) is 0 Å². The third-order valence-electron chi connectivity index (χ3n) is 2.12. The van der Waals surface area contributed by atoms with Gasteiger partial charge in [-0.25, -0.2) is 0 Å². The maximum atomic E-state index is 7.34. The Balaban J connectivity index is 0. The van der Waals surface area contributed by atoms with Gasteiger partial charge in [-0.05, 0) is 12.1 Å². The predicted octanol–water partition coefficient (Wildman–Crippen LogP) is 1.29. The first-order valence-electron chi connectivity index (χ1n) is 4.43. The zero-order valence-electron chi connectivity index (χ0n) is 9.65. The summed E-state index contributed by atoms with van der Waals surface area (Å²) in [7, 11) is 3.08. The van der Waals surface area contributed by atoms with Crippen molar-refractivity contribution in [2.75, 3.05) is 14.2 Å². The fourth-order valence-electron chi connectivity index (χ4n) is 1.34. The molecule has 0 aliphatic carbocycles. The Morgan fingerprint density at radius 3 is 1.82 bits per heavy atom. The Morgan fingerprint density at radius 1 is 1.18 bits per heavy atom. The monoisotopic (exact) mass is 281 g/mol. The Bertz CT molecular complexity index is 361. The zero-order chi connectivity index (χ0) is 11.4. The lowest BCUT2D eigenvalue weighted by molar-refractivity contribution is 0.385. The third kappa shape index (κ3) is 3.96. The van der Waals surface area contributed by atoms with E-state index >= 15 is 0 Å². The number of hydrogen-bond donors (Lipinski definition) is 3. The summed E-state index contributed by atoms with van der Waals surface area (Å²) in [6.07, 6.45) is 0. The van der Waals surface area contributed by atoms with E-state index < -0.39 is 0 Å². The fraction of sp³-hybridized carbons (Fsp3) is 0.300. The fourth-order valence-corrected chi connectivity index (χ4v) is 1.34. The minimum absolute atomic E-state index is 0. The van der Waals surface area contributed by atoms with Crippen LogP contribution in [-0.4, -0.2) is 20.1 Å². The molecule has 5 N–H and O–H groups in total. The summed E-state index contributed by atoms with van der Waals surface area (Å²) in [5, 5.41) is 7.34. The second-order valence-corrected chi connectivity index (χ2v) is 2.98. The number of halogens is 2. The van der Waals surface area contributed by atoms with E-state index in [4.69, 9.17) is 26.4 Å². The number of hydrogen-bond acceptors (Lipinski definition) is 4. The van der Waals surface area contributed by atoms with Crippen LogP contribution >= 0.6 is 24.8 Å². The lowest BCUT2D eigenvalue weighted by atomic mass is 10.1. The minimum Gasteiger partial charge on any atom is -0.496 e. The minimum atomic E-state index is -0.0322. The molecule has 0 saturated heterocycles. The second kappa shape index (κ2) is 8.00. The normalized spacial score (nSPS) is 8.65. The summed E-state index contributed by atoms with van der Waals surface area (Å²) in [6.45, 7) is 0.310. The Morgan fingerprint density at radius 2 is 1.59 bits per heavy atom. The van der Waals surface area contributed by atoms with E-state index in [1.165, 1.54) is 14.2 Å². The number of rotatable bonds is 4. The smallest absolute Gasteiger partial charge is 0.127 e. The van der Waals surface area contributed by atoms with Crippen molar-refractivity contribution < 1.29 is 9.47 Å². The van der Waals surface area contributed by atoms with Gasteiger partial charge in [0.2, 0.25) is 0 Å². The van der Waals surface area contributed by atoms with Gasteiger partial charge in [0.1, 0.15) is 17.3 Å². The highest BCUT2D eigenvalue weighted by atomic mass is 35.5. The van der Waals surface area contributed by atoms with Crippen LogP contribution < -0.4 is 20.9 Å². The maximum absolute atomic E-state index is 7.34. The summed E-state index contributed by atoms with van der Waals surface area (Å²) in [5.74, 6) is 1.14. The van der Waals surface area contributed by atoms with E-state index in [1.54, 1.807) is 12.1 Å². The zero-order valence-corrected chi connectivity index (χ0v) is 11.3. The number of nitrogen functional groups attached to an aromatic ring is 1. The van der Waals surface area contributed by atoms with Crippen LogP contribution in [0.2, 0.25) is 0 Å². The van der Waals surface area contributed by atoms with E-state index in [2.05, 4.69) is 0 Å². The summed E-state index contributed by atoms with van der Waals surface area (Å²) >= 11 is 0. The van der Waals surface area contributed by atoms with Gasteiger partial charge in [0.15, 0.2) is 0 Å². The molecule has 0 radical (unpaired) electrons. The van der Waals surface area contributed by atoms with Gasteiger partial charge in [0, 0.05) is 17.7 Å². The Labute approximate surface area is 113 Å². The van der Waals surface area contributed by atoms with Crippen molar-refractivity contribution in [1.29, 1.82) is 5.41 Å². The van der Waals surface area contributed by atoms with Gasteiger partial charge < -0.3 is 20.9 Å². The van der Waals surface area contributed by atoms with Crippen molar-refractivity contribution >= 4 is 30.6 Å². The number of amidine groups is 1. The molecule has 0 amide bonds. The summed E-state index contributed by atoms with van der Waals surface area (Å²) in [5.41, 5.74) is 12.3. The van der Waals surface area contributed by atoms with Crippen LogP contribution in [0.25, 0.3) is 0 Å². The number of methoxy groups -OCH3 is 2. The standard InChI is InChI=1S/C10H15N3O2.2ClH/c1-14-8-3-6(10(12)13)4-9(15-2)7(8)5-11;;/h3-4H,5,11H2,1-2H3,(H3,12,13);2*1H. The summed E-state index contributed by atoms with van der Waals surface area (Å²) in [4.78, 5) is 0. The number of nitrogens with one attached hydrogen (secondary N) is 1. The molecule has 98 valence electrons. The van der Waals surface area contributed by atoms with Crippen LogP contribution in [0.15, 0.2) is 12.1 Å². The van der Waals surface area contributed by atoms with Crippen molar-refractivity contribution in [3.05, 3.63) is 23.3 Å². The molecule has 0 fully saturated rings. The molecular formula is C10H17Cl2N3O2. The molecule has 0 aromatic heterocycles.